The van der Waals surface area contributed by atoms with Gasteiger partial charge in [-0.05, 0) is 76.0 Å². The molecule has 2 amide bonds. The number of allylic oxidation sites excluding steroid dienone is 10. The molecular formula is C34H47NO3S. The molecule has 1 saturated heterocycles. The van der Waals surface area contributed by atoms with Gasteiger partial charge in [0.25, 0.3) is 0 Å². The van der Waals surface area contributed by atoms with Crippen LogP contribution in [0, 0.1) is 0 Å². The fraction of sp³-hybridized carbons (Fsp3) is 0.471. The van der Waals surface area contributed by atoms with E-state index in [1.54, 1.807) is 11.8 Å². The molecule has 5 heteroatoms. The van der Waals surface area contributed by atoms with E-state index in [2.05, 4.69) is 67.7 Å². The first kappa shape index (κ1) is 32.4. The number of carbonyl (C=O) groups is 2. The third kappa shape index (κ3) is 12.3. The van der Waals surface area contributed by atoms with Gasteiger partial charge in [-0.2, -0.15) is 0 Å². The Morgan fingerprint density at radius 2 is 1.44 bits per heavy atom. The number of amides is 2. The van der Waals surface area contributed by atoms with Gasteiger partial charge in [0.05, 0.1) is 11.3 Å². The molecule has 1 unspecified atom stereocenters. The van der Waals surface area contributed by atoms with Gasteiger partial charge in [0, 0.05) is 0 Å². The van der Waals surface area contributed by atoms with Gasteiger partial charge in [-0.15, -0.1) is 11.8 Å². The van der Waals surface area contributed by atoms with Crippen LogP contribution in [-0.2, 0) is 9.53 Å². The second kappa shape index (κ2) is 20.2. The number of imide groups is 1. The van der Waals surface area contributed by atoms with Crippen LogP contribution in [0.5, 0.6) is 0 Å². The number of hydrogen-bond acceptors (Lipinski definition) is 4. The van der Waals surface area contributed by atoms with Gasteiger partial charge in [0.15, 0.2) is 0 Å². The van der Waals surface area contributed by atoms with Crippen LogP contribution in [0.1, 0.15) is 90.2 Å². The molecule has 0 aliphatic carbocycles. The quantitative estimate of drug-likeness (QED) is 0.135. The van der Waals surface area contributed by atoms with Gasteiger partial charge in [0.2, 0.25) is 5.91 Å². The van der Waals surface area contributed by atoms with Crippen molar-refractivity contribution in [3.05, 3.63) is 96.7 Å². The molecule has 1 aliphatic rings. The van der Waals surface area contributed by atoms with Crippen molar-refractivity contribution >= 4 is 23.8 Å². The second-order valence-electron chi connectivity index (χ2n) is 9.64. The van der Waals surface area contributed by atoms with E-state index in [1.807, 2.05) is 44.2 Å². The Hall–Kier alpha value is -2.79. The third-order valence-electron chi connectivity index (χ3n) is 6.52. The number of carbonyl (C=O) groups excluding carboxylic acids is 2. The minimum atomic E-state index is -0.529. The lowest BCUT2D eigenvalue weighted by Gasteiger charge is -2.23. The number of cyclic esters (lactones) is 1. The monoisotopic (exact) mass is 549 g/mol. The number of unbranched alkanes of at least 4 members (excludes halogenated alkanes) is 2. The van der Waals surface area contributed by atoms with E-state index in [4.69, 9.17) is 4.74 Å². The van der Waals surface area contributed by atoms with Crippen molar-refractivity contribution in [2.75, 3.05) is 5.75 Å². The molecule has 1 fully saturated rings. The zero-order valence-corrected chi connectivity index (χ0v) is 24.9. The topological polar surface area (TPSA) is 46.6 Å². The highest BCUT2D eigenvalue weighted by Gasteiger charge is 2.44. The first-order valence-electron chi connectivity index (χ1n) is 14.5. The van der Waals surface area contributed by atoms with Gasteiger partial charge >= 0.3 is 6.09 Å². The van der Waals surface area contributed by atoms with E-state index in [0.717, 1.165) is 62.7 Å². The molecule has 0 N–H and O–H groups in total. The van der Waals surface area contributed by atoms with Gasteiger partial charge < -0.3 is 4.74 Å². The normalized spacial score (nSPS) is 18.9. The van der Waals surface area contributed by atoms with Crippen molar-refractivity contribution in [2.24, 2.45) is 0 Å². The minimum absolute atomic E-state index is 0.128. The van der Waals surface area contributed by atoms with Crippen molar-refractivity contribution in [1.82, 2.24) is 4.90 Å². The minimum Gasteiger partial charge on any atom is -0.439 e. The van der Waals surface area contributed by atoms with Crippen LogP contribution < -0.4 is 0 Å². The maximum Gasteiger partial charge on any atom is 0.417 e. The molecule has 1 aromatic rings. The predicted octanol–water partition coefficient (Wildman–Crippen LogP) is 9.53. The third-order valence-corrected chi connectivity index (χ3v) is 7.99. The van der Waals surface area contributed by atoms with E-state index in [9.17, 15) is 9.59 Å². The van der Waals surface area contributed by atoms with Crippen molar-refractivity contribution in [3.8, 4) is 0 Å². The summed E-state index contributed by atoms with van der Waals surface area (Å²) in [7, 11) is 0. The van der Waals surface area contributed by atoms with Crippen LogP contribution in [0.4, 0.5) is 4.79 Å². The van der Waals surface area contributed by atoms with Crippen LogP contribution in [0.3, 0.4) is 0 Å². The standard InChI is InChI=1S/C34H47NO3S/c1-4-6-7-8-9-10-11-12-13-14-15-16-17-18-19-20-21-25-28-39-31(5-2)33(36)35-29(3)32(38-34(35)37)30-26-23-22-24-27-30/h6-7,9-10,12-13,15-16,18-19,22-24,26-27,29,31-32H,4-5,8,11,14,17,20-21,25,28H2,1-3H3/b7-6-,10-9-,13-12?,16-15-,19-18-/t29-,31?,32-/m0/s1. The predicted molar refractivity (Wildman–Crippen MR) is 167 cm³/mol. The molecule has 2 rings (SSSR count). The molecule has 1 heterocycles. The Bertz CT molecular complexity index is 979. The number of nitrogens with zero attached hydrogens (tertiary/aromatic N) is 1. The van der Waals surface area contributed by atoms with E-state index >= 15 is 0 Å². The van der Waals surface area contributed by atoms with Gasteiger partial charge in [-0.25, -0.2) is 9.69 Å². The summed E-state index contributed by atoms with van der Waals surface area (Å²) >= 11 is 1.66. The summed E-state index contributed by atoms with van der Waals surface area (Å²) in [6.45, 7) is 6.05. The highest BCUT2D eigenvalue weighted by atomic mass is 32.2. The first-order valence-corrected chi connectivity index (χ1v) is 15.6. The number of rotatable bonds is 18. The van der Waals surface area contributed by atoms with Crippen LogP contribution >= 0.6 is 11.8 Å². The molecule has 1 aromatic carbocycles. The maximum absolute atomic E-state index is 13.2. The van der Waals surface area contributed by atoms with Gasteiger partial charge in [0.1, 0.15) is 6.10 Å². The number of hydrogen-bond donors (Lipinski definition) is 0. The Balaban J connectivity index is 1.57. The zero-order valence-electron chi connectivity index (χ0n) is 24.0. The lowest BCUT2D eigenvalue weighted by molar-refractivity contribution is -0.128. The Labute approximate surface area is 241 Å². The van der Waals surface area contributed by atoms with Gasteiger partial charge in [-0.1, -0.05) is 105 Å². The van der Waals surface area contributed by atoms with Crippen LogP contribution in [0.25, 0.3) is 0 Å². The second-order valence-corrected chi connectivity index (χ2v) is 10.9. The van der Waals surface area contributed by atoms with E-state index in [0.29, 0.717) is 6.42 Å². The SMILES string of the molecule is CC/C=C\C/C=C\CC=CC/C=C\C/C=C\CCCCSC(CC)C(=O)N1C(=O)O[C@H](c2ccccc2)[C@@H]1C. The lowest BCUT2D eigenvalue weighted by Crippen LogP contribution is -2.42. The molecular weight excluding hydrogens is 502 g/mol. The molecule has 1 aliphatic heterocycles. The highest BCUT2D eigenvalue weighted by Crippen LogP contribution is 2.34. The van der Waals surface area contributed by atoms with Crippen molar-refractivity contribution in [1.29, 1.82) is 0 Å². The summed E-state index contributed by atoms with van der Waals surface area (Å²) in [6, 6.07) is 9.34. The Morgan fingerprint density at radius 1 is 0.872 bits per heavy atom. The number of thioether (sulfide) groups is 1. The van der Waals surface area contributed by atoms with E-state index in [1.165, 1.54) is 4.90 Å². The summed E-state index contributed by atoms with van der Waals surface area (Å²) in [6.07, 6.45) is 30.2. The molecule has 212 valence electrons. The summed E-state index contributed by atoms with van der Waals surface area (Å²) in [5.41, 5.74) is 0.921. The van der Waals surface area contributed by atoms with Crippen LogP contribution in [-0.4, -0.2) is 33.9 Å². The van der Waals surface area contributed by atoms with Crippen molar-refractivity contribution in [2.45, 2.75) is 96.0 Å². The zero-order chi connectivity index (χ0) is 28.1. The fourth-order valence-corrected chi connectivity index (χ4v) is 5.47. The van der Waals surface area contributed by atoms with Crippen LogP contribution in [0.15, 0.2) is 91.1 Å². The Morgan fingerprint density at radius 3 is 2.00 bits per heavy atom. The molecule has 0 bridgehead atoms. The lowest BCUT2D eigenvalue weighted by atomic mass is 10.0. The number of ether oxygens (including phenoxy) is 1. The first-order chi connectivity index (χ1) is 19.1. The molecule has 3 atom stereocenters. The molecule has 0 saturated carbocycles. The molecule has 39 heavy (non-hydrogen) atoms. The van der Waals surface area contributed by atoms with E-state index < -0.39 is 12.2 Å². The smallest absolute Gasteiger partial charge is 0.417 e. The average Bonchev–Trinajstić information content (AvgIpc) is 3.25. The van der Waals surface area contributed by atoms with E-state index in [-0.39, 0.29) is 17.2 Å². The Kier molecular flexibility index (Phi) is 16.8. The highest BCUT2D eigenvalue weighted by molar-refractivity contribution is 8.00. The summed E-state index contributed by atoms with van der Waals surface area (Å²) < 4.78 is 5.57. The number of benzene rings is 1. The maximum atomic E-state index is 13.2. The average molecular weight is 550 g/mol. The molecule has 0 radical (unpaired) electrons. The fourth-order valence-electron chi connectivity index (χ4n) is 4.32. The largest absolute Gasteiger partial charge is 0.439 e. The molecule has 0 spiro atoms. The van der Waals surface area contributed by atoms with Crippen molar-refractivity contribution < 1.29 is 14.3 Å². The summed E-state index contributed by atoms with van der Waals surface area (Å²) in [5.74, 6) is 0.783. The van der Waals surface area contributed by atoms with Crippen molar-refractivity contribution in [3.63, 3.8) is 0 Å². The molecule has 4 nitrogen and oxygen atoms in total. The van der Waals surface area contributed by atoms with Gasteiger partial charge in [-0.3, -0.25) is 4.79 Å². The summed E-state index contributed by atoms with van der Waals surface area (Å²) in [4.78, 5) is 27.0. The summed E-state index contributed by atoms with van der Waals surface area (Å²) in [5, 5.41) is -0.219. The van der Waals surface area contributed by atoms with Crippen LogP contribution in [0.2, 0.25) is 0 Å². The molecule has 0 aromatic heterocycles.